The molecule has 0 bridgehead atoms. The molecule has 0 atom stereocenters. The zero-order valence-corrected chi connectivity index (χ0v) is 21.3. The van der Waals surface area contributed by atoms with Crippen LogP contribution in [-0.2, 0) is 22.7 Å². The number of carbonyl (C=O) groups excluding carboxylic acids is 3. The van der Waals surface area contributed by atoms with Gasteiger partial charge in [0.2, 0.25) is 5.91 Å². The van der Waals surface area contributed by atoms with Gasteiger partial charge in [-0.25, -0.2) is 4.79 Å². The lowest BCUT2D eigenvalue weighted by molar-refractivity contribution is -0.139. The van der Waals surface area contributed by atoms with Crippen molar-refractivity contribution < 1.29 is 14.4 Å². The van der Waals surface area contributed by atoms with Gasteiger partial charge in [0.25, 0.3) is 5.91 Å². The van der Waals surface area contributed by atoms with Crippen LogP contribution in [0.15, 0.2) is 42.7 Å². The molecule has 1 aromatic heterocycles. The lowest BCUT2D eigenvalue weighted by atomic mass is 9.65. The van der Waals surface area contributed by atoms with E-state index in [1.807, 2.05) is 41.2 Å². The van der Waals surface area contributed by atoms with Crippen molar-refractivity contribution in [1.82, 2.24) is 24.9 Å². The van der Waals surface area contributed by atoms with Crippen LogP contribution in [0.2, 0.25) is 0 Å². The van der Waals surface area contributed by atoms with Crippen LogP contribution in [0, 0.1) is 11.3 Å². The van der Waals surface area contributed by atoms with Gasteiger partial charge in [0.1, 0.15) is 12.1 Å². The lowest BCUT2D eigenvalue weighted by Gasteiger charge is -2.42. The summed E-state index contributed by atoms with van der Waals surface area (Å²) in [5.74, 6) is 0.00213. The van der Waals surface area contributed by atoms with Gasteiger partial charge in [0, 0.05) is 25.4 Å². The summed E-state index contributed by atoms with van der Waals surface area (Å²) >= 11 is 0. The van der Waals surface area contributed by atoms with Gasteiger partial charge in [0.05, 0.1) is 12.7 Å². The number of aromatic nitrogens is 2. The molecule has 2 heterocycles. The van der Waals surface area contributed by atoms with Crippen molar-refractivity contribution in [2.24, 2.45) is 11.3 Å². The Morgan fingerprint density at radius 2 is 1.86 bits per heavy atom. The van der Waals surface area contributed by atoms with Crippen molar-refractivity contribution in [2.75, 3.05) is 13.6 Å². The third-order valence-corrected chi connectivity index (χ3v) is 8.11. The highest BCUT2D eigenvalue weighted by molar-refractivity contribution is 6.09. The number of nitrogens with zero attached hydrogens (tertiary/aromatic N) is 4. The summed E-state index contributed by atoms with van der Waals surface area (Å²) in [6.45, 7) is 7.51. The molecule has 2 aliphatic rings. The Hall–Kier alpha value is -3.16. The van der Waals surface area contributed by atoms with Crippen LogP contribution < -0.4 is 5.32 Å². The van der Waals surface area contributed by atoms with E-state index in [0.717, 1.165) is 35.3 Å². The van der Waals surface area contributed by atoms with Crippen LogP contribution in [0.4, 0.5) is 4.79 Å². The van der Waals surface area contributed by atoms with Crippen LogP contribution in [0.25, 0.3) is 0 Å². The summed E-state index contributed by atoms with van der Waals surface area (Å²) in [6, 6.07) is 9.58. The average molecular weight is 480 g/mol. The molecule has 8 nitrogen and oxygen atoms in total. The number of benzene rings is 1. The maximum Gasteiger partial charge on any atom is 0.325 e. The minimum Gasteiger partial charge on any atom is -0.340 e. The second kappa shape index (κ2) is 9.84. The molecule has 1 aromatic carbocycles. The molecule has 1 spiro atoms. The maximum absolute atomic E-state index is 13.3. The molecule has 2 aromatic rings. The normalized spacial score (nSPS) is 22.5. The van der Waals surface area contributed by atoms with Crippen molar-refractivity contribution in [3.05, 3.63) is 53.9 Å². The Morgan fingerprint density at radius 1 is 1.17 bits per heavy atom. The van der Waals surface area contributed by atoms with Crippen LogP contribution >= 0.6 is 0 Å². The average Bonchev–Trinajstić information content (AvgIpc) is 3.37. The van der Waals surface area contributed by atoms with E-state index < -0.39 is 11.6 Å². The van der Waals surface area contributed by atoms with Crippen molar-refractivity contribution >= 4 is 17.8 Å². The molecule has 4 amide bonds. The largest absolute Gasteiger partial charge is 0.340 e. The Labute approximate surface area is 207 Å². The van der Waals surface area contributed by atoms with E-state index in [9.17, 15) is 14.4 Å². The second-order valence-corrected chi connectivity index (χ2v) is 10.8. The lowest BCUT2D eigenvalue weighted by Crippen LogP contribution is -2.51. The second-order valence-electron chi connectivity index (χ2n) is 10.8. The topological polar surface area (TPSA) is 87.5 Å². The minimum absolute atomic E-state index is 0.223. The van der Waals surface area contributed by atoms with E-state index in [1.165, 1.54) is 4.90 Å². The fourth-order valence-corrected chi connectivity index (χ4v) is 5.30. The molecular formula is C27H37N5O3. The zero-order valence-electron chi connectivity index (χ0n) is 21.3. The highest BCUT2D eigenvalue weighted by Crippen LogP contribution is 2.45. The minimum atomic E-state index is -0.852. The summed E-state index contributed by atoms with van der Waals surface area (Å²) in [6.07, 6.45) is 7.81. The molecule has 1 saturated carbocycles. The van der Waals surface area contributed by atoms with E-state index in [4.69, 9.17) is 0 Å². The molecule has 1 saturated heterocycles. The van der Waals surface area contributed by atoms with Crippen molar-refractivity contribution in [1.29, 1.82) is 0 Å². The monoisotopic (exact) mass is 479 g/mol. The van der Waals surface area contributed by atoms with Gasteiger partial charge in [-0.15, -0.1) is 0 Å². The van der Waals surface area contributed by atoms with Crippen LogP contribution in [0.1, 0.15) is 64.0 Å². The smallest absolute Gasteiger partial charge is 0.325 e. The predicted molar refractivity (Wildman–Crippen MR) is 133 cm³/mol. The van der Waals surface area contributed by atoms with E-state index in [2.05, 4.69) is 31.2 Å². The van der Waals surface area contributed by atoms with Crippen molar-refractivity contribution in [2.45, 2.75) is 71.5 Å². The number of amides is 4. The molecule has 4 rings (SSSR count). The number of rotatable bonds is 8. The van der Waals surface area contributed by atoms with Gasteiger partial charge in [-0.1, -0.05) is 57.5 Å². The summed E-state index contributed by atoms with van der Waals surface area (Å²) in [7, 11) is 1.68. The van der Waals surface area contributed by atoms with Gasteiger partial charge < -0.3 is 10.2 Å². The van der Waals surface area contributed by atoms with E-state index in [-0.39, 0.29) is 23.8 Å². The molecular weight excluding hydrogens is 442 g/mol. The van der Waals surface area contributed by atoms with Gasteiger partial charge in [0.15, 0.2) is 0 Å². The number of nitrogens with one attached hydrogen (secondary N) is 1. The summed E-state index contributed by atoms with van der Waals surface area (Å²) in [5, 5.41) is 7.32. The molecule has 1 aliphatic carbocycles. The third-order valence-electron chi connectivity index (χ3n) is 8.11. The first-order valence-electron chi connectivity index (χ1n) is 12.6. The molecule has 8 heteroatoms. The van der Waals surface area contributed by atoms with E-state index >= 15 is 0 Å². The first kappa shape index (κ1) is 24.9. The molecule has 1 aliphatic heterocycles. The zero-order chi connectivity index (χ0) is 25.2. The Morgan fingerprint density at radius 3 is 2.51 bits per heavy atom. The van der Waals surface area contributed by atoms with E-state index in [0.29, 0.717) is 31.8 Å². The number of carbonyl (C=O) groups is 3. The molecule has 188 valence electrons. The molecule has 35 heavy (non-hydrogen) atoms. The number of likely N-dealkylation sites (N-methyl/N-ethyl adjacent to an activating group) is 1. The first-order chi connectivity index (χ1) is 16.6. The summed E-state index contributed by atoms with van der Waals surface area (Å²) in [5.41, 5.74) is 1.41. The Kier molecular flexibility index (Phi) is 7.01. The quantitative estimate of drug-likeness (QED) is 0.584. The predicted octanol–water partition coefficient (Wildman–Crippen LogP) is 3.81. The fourth-order valence-electron chi connectivity index (χ4n) is 5.30. The van der Waals surface area contributed by atoms with Crippen LogP contribution in [-0.4, -0.2) is 56.6 Å². The first-order valence-corrected chi connectivity index (χ1v) is 12.6. The molecule has 0 radical (unpaired) electrons. The number of hydrogen-bond acceptors (Lipinski definition) is 4. The number of hydrogen-bond donors (Lipinski definition) is 1. The number of urea groups is 1. The number of imide groups is 1. The Balaban J connectivity index is 1.32. The van der Waals surface area contributed by atoms with Gasteiger partial charge in [-0.3, -0.25) is 19.2 Å². The van der Waals surface area contributed by atoms with Crippen molar-refractivity contribution in [3.63, 3.8) is 0 Å². The molecule has 0 unspecified atom stereocenters. The van der Waals surface area contributed by atoms with Crippen molar-refractivity contribution in [3.8, 4) is 0 Å². The van der Waals surface area contributed by atoms with Gasteiger partial charge >= 0.3 is 6.03 Å². The maximum atomic E-state index is 13.3. The van der Waals surface area contributed by atoms with Crippen LogP contribution in [0.5, 0.6) is 0 Å². The van der Waals surface area contributed by atoms with E-state index in [1.54, 1.807) is 13.2 Å². The highest BCUT2D eigenvalue weighted by Gasteiger charge is 2.53. The molecule has 2 fully saturated rings. The molecule has 1 N–H and O–H groups in total. The fraction of sp³-hybridized carbons (Fsp3) is 0.556. The highest BCUT2D eigenvalue weighted by atomic mass is 16.2. The van der Waals surface area contributed by atoms with Gasteiger partial charge in [-0.2, -0.15) is 5.10 Å². The summed E-state index contributed by atoms with van der Waals surface area (Å²) < 4.78 is 1.83. The van der Waals surface area contributed by atoms with Gasteiger partial charge in [-0.05, 0) is 42.6 Å². The standard InChI is InChI=1S/C27H37N5O3/c1-5-26(2,3)22-11-13-27(14-12-22)24(34)32(25(35)29-27)19-23(33)30(4)16-21-15-28-31(18-21)17-20-9-7-6-8-10-20/h6-10,15,18,22H,5,11-14,16-17,19H2,1-4H3,(H,29,35). The SMILES string of the molecule is CCC(C)(C)C1CCC2(CC1)NC(=O)N(CC(=O)N(C)Cc1cnn(Cc3ccccc3)c1)C2=O. The Bertz CT molecular complexity index is 1070. The van der Waals surface area contributed by atoms with Crippen LogP contribution in [0.3, 0.4) is 0 Å². The summed E-state index contributed by atoms with van der Waals surface area (Å²) in [4.78, 5) is 41.5. The third kappa shape index (κ3) is 5.26.